The third-order valence-corrected chi connectivity index (χ3v) is 6.01. The fourth-order valence-electron chi connectivity index (χ4n) is 3.45. The molecule has 1 aromatic carbocycles. The van der Waals surface area contributed by atoms with E-state index in [1.807, 2.05) is 6.08 Å². The number of carboxylic acid groups (broad SMARTS) is 1. The highest BCUT2D eigenvalue weighted by Gasteiger charge is 2.29. The molecule has 0 aliphatic carbocycles. The minimum atomic E-state index is -4.40. The average molecular weight is 562 g/mol. The molecule has 0 saturated heterocycles. The van der Waals surface area contributed by atoms with E-state index in [2.05, 4.69) is 10.4 Å². The maximum absolute atomic E-state index is 13.0. The summed E-state index contributed by atoms with van der Waals surface area (Å²) < 4.78 is 39.1. The summed E-state index contributed by atoms with van der Waals surface area (Å²) in [4.78, 5) is 23.7. The minimum Gasteiger partial charge on any atom is -0.478 e. The maximum atomic E-state index is 13.0. The number of benzene rings is 1. The lowest BCUT2D eigenvalue weighted by atomic mass is 10.0. The molecule has 1 rings (SSSR count). The Labute approximate surface area is 225 Å². The molecule has 1 unspecified atom stereocenters. The number of hydrogen-bond acceptors (Lipinski definition) is 4. The second-order valence-electron chi connectivity index (χ2n) is 8.14. The molecule has 204 valence electrons. The molecule has 2 N–H and O–H groups in total. The number of hydrogen-bond donors (Lipinski definition) is 2. The molecule has 0 spiro atoms. The van der Waals surface area contributed by atoms with Crippen molar-refractivity contribution in [1.29, 1.82) is 0 Å². The number of halogens is 5. The maximum Gasteiger partial charge on any atom is 0.389 e. The zero-order valence-electron chi connectivity index (χ0n) is 21.0. The first kappa shape index (κ1) is 32.2. The number of hydrazone groups is 1. The number of nitrogens with one attached hydrogen (secondary N) is 1. The topological polar surface area (TPSA) is 82.0 Å². The summed E-state index contributed by atoms with van der Waals surface area (Å²) in [6.45, 7) is 3.68. The predicted octanol–water partition coefficient (Wildman–Crippen LogP) is 6.80. The van der Waals surface area contributed by atoms with E-state index in [4.69, 9.17) is 28.3 Å². The second kappa shape index (κ2) is 16.1. The van der Waals surface area contributed by atoms with Gasteiger partial charge in [-0.15, -0.1) is 0 Å². The van der Waals surface area contributed by atoms with Gasteiger partial charge in [0.05, 0.1) is 10.0 Å². The number of alkyl halides is 3. The first-order valence-electron chi connectivity index (χ1n) is 11.7. The molecule has 1 atom stereocenters. The van der Waals surface area contributed by atoms with Crippen LogP contribution in [0.2, 0.25) is 10.0 Å². The first-order chi connectivity index (χ1) is 17.4. The van der Waals surface area contributed by atoms with Gasteiger partial charge in [0.1, 0.15) is 0 Å². The fourth-order valence-corrected chi connectivity index (χ4v) is 3.77. The lowest BCUT2D eigenvalue weighted by molar-refractivity contribution is -0.135. The molecule has 6 nitrogen and oxygen atoms in total. The molecule has 0 aliphatic heterocycles. The molecule has 37 heavy (non-hydrogen) atoms. The zero-order chi connectivity index (χ0) is 28.0. The summed E-state index contributed by atoms with van der Waals surface area (Å²) in [7, 11) is 1.50. The van der Waals surface area contributed by atoms with Crippen LogP contribution in [0.5, 0.6) is 0 Å². The monoisotopic (exact) mass is 561 g/mol. The van der Waals surface area contributed by atoms with Crippen molar-refractivity contribution in [3.63, 3.8) is 0 Å². The number of nitrogens with zero attached hydrogens (tertiary/aromatic N) is 2. The van der Waals surface area contributed by atoms with Crippen LogP contribution in [0.15, 0.2) is 58.9 Å². The highest BCUT2D eigenvalue weighted by atomic mass is 35.5. The molecule has 1 aromatic rings. The average Bonchev–Trinajstić information content (AvgIpc) is 2.81. The van der Waals surface area contributed by atoms with Crippen molar-refractivity contribution in [2.45, 2.75) is 52.1 Å². The van der Waals surface area contributed by atoms with Crippen LogP contribution < -0.4 is 5.32 Å². The van der Waals surface area contributed by atoms with Gasteiger partial charge in [0, 0.05) is 50.0 Å². The minimum absolute atomic E-state index is 0.163. The Balaban J connectivity index is 3.09. The molecule has 0 heterocycles. The van der Waals surface area contributed by atoms with E-state index in [0.717, 1.165) is 11.6 Å². The first-order valence-corrected chi connectivity index (χ1v) is 12.4. The van der Waals surface area contributed by atoms with Gasteiger partial charge in [-0.3, -0.25) is 9.80 Å². The van der Waals surface area contributed by atoms with Crippen LogP contribution >= 0.6 is 23.2 Å². The summed E-state index contributed by atoms with van der Waals surface area (Å²) >= 11 is 11.9. The molecule has 0 fully saturated rings. The van der Waals surface area contributed by atoms with Gasteiger partial charge < -0.3 is 10.4 Å². The smallest absolute Gasteiger partial charge is 0.389 e. The third-order valence-electron chi connectivity index (χ3n) is 5.27. The number of allylic oxidation sites excluding steroid dienone is 3. The molecule has 0 bridgehead atoms. The van der Waals surface area contributed by atoms with Crippen LogP contribution in [0.1, 0.15) is 45.1 Å². The van der Waals surface area contributed by atoms with Gasteiger partial charge in [-0.25, -0.2) is 4.79 Å². The highest BCUT2D eigenvalue weighted by molar-refractivity contribution is 6.42. The Morgan fingerprint density at radius 1 is 1.24 bits per heavy atom. The standard InChI is InChI=1S/C26H32Cl2F3N3O3/c1-4-7-19(8-6-9-24(35)36)17-32-25(37)20(5-2)23(12-14-26(29,30)31)34(3)33-15-13-18-10-11-21(27)22(28)16-18/h4,6-7,9-11,15-16,19H,5,8,12-14,17H2,1-3H3,(H,32,37)(H,35,36)/b7-4+,9-6+,23-20+,33-15+. The summed E-state index contributed by atoms with van der Waals surface area (Å²) in [5.74, 6) is -1.75. The molecular formula is C26H32Cl2F3N3O3. The summed E-state index contributed by atoms with van der Waals surface area (Å²) in [5, 5.41) is 17.9. The van der Waals surface area contributed by atoms with Crippen molar-refractivity contribution >= 4 is 41.3 Å². The van der Waals surface area contributed by atoms with E-state index in [1.54, 1.807) is 38.1 Å². The van der Waals surface area contributed by atoms with Crippen molar-refractivity contribution in [2.24, 2.45) is 11.0 Å². The molecule has 1 amide bonds. The summed E-state index contributed by atoms with van der Waals surface area (Å²) in [6.07, 6.45) is 2.65. The largest absolute Gasteiger partial charge is 0.478 e. The van der Waals surface area contributed by atoms with E-state index in [1.165, 1.54) is 24.3 Å². The van der Waals surface area contributed by atoms with Crippen molar-refractivity contribution in [3.8, 4) is 0 Å². The Morgan fingerprint density at radius 2 is 1.95 bits per heavy atom. The van der Waals surface area contributed by atoms with Crippen molar-refractivity contribution in [1.82, 2.24) is 10.3 Å². The van der Waals surface area contributed by atoms with Crippen molar-refractivity contribution in [2.75, 3.05) is 13.6 Å². The number of aliphatic carboxylic acids is 1. The quantitative estimate of drug-likeness (QED) is 0.113. The van der Waals surface area contributed by atoms with Crippen molar-refractivity contribution in [3.05, 3.63) is 69.4 Å². The van der Waals surface area contributed by atoms with Gasteiger partial charge in [-0.05, 0) is 49.8 Å². The Bertz CT molecular complexity index is 1040. The summed E-state index contributed by atoms with van der Waals surface area (Å²) in [5.41, 5.74) is 1.17. The third kappa shape index (κ3) is 12.8. The second-order valence-corrected chi connectivity index (χ2v) is 8.95. The van der Waals surface area contributed by atoms with Crippen LogP contribution in [0.25, 0.3) is 0 Å². The lowest BCUT2D eigenvalue weighted by Crippen LogP contribution is -2.32. The van der Waals surface area contributed by atoms with E-state index < -0.39 is 30.9 Å². The van der Waals surface area contributed by atoms with E-state index in [9.17, 15) is 22.8 Å². The summed E-state index contributed by atoms with van der Waals surface area (Å²) in [6, 6.07) is 5.08. The normalized spacial score (nSPS) is 13.8. The zero-order valence-corrected chi connectivity index (χ0v) is 22.5. The van der Waals surface area contributed by atoms with Crippen LogP contribution in [0, 0.1) is 5.92 Å². The van der Waals surface area contributed by atoms with Gasteiger partial charge in [-0.1, -0.05) is 54.4 Å². The molecule has 0 aromatic heterocycles. The molecular weight excluding hydrogens is 530 g/mol. The number of carbonyl (C=O) groups excluding carboxylic acids is 1. The number of rotatable bonds is 14. The van der Waals surface area contributed by atoms with Crippen LogP contribution in [0.4, 0.5) is 13.2 Å². The van der Waals surface area contributed by atoms with Gasteiger partial charge in [0.15, 0.2) is 0 Å². The molecule has 11 heteroatoms. The highest BCUT2D eigenvalue weighted by Crippen LogP contribution is 2.28. The van der Waals surface area contributed by atoms with Crippen molar-refractivity contribution < 1.29 is 27.9 Å². The Morgan fingerprint density at radius 3 is 2.51 bits per heavy atom. The molecule has 0 radical (unpaired) electrons. The van der Waals surface area contributed by atoms with E-state index in [0.29, 0.717) is 22.9 Å². The van der Waals surface area contributed by atoms with E-state index in [-0.39, 0.29) is 30.2 Å². The fraction of sp³-hybridized carbons (Fsp3) is 0.423. The van der Waals surface area contributed by atoms with Gasteiger partial charge >= 0.3 is 12.1 Å². The SMILES string of the molecule is C/C=C/C(C/C=C/C(=O)O)CNC(=O)/C(CC)=C(\CCC(F)(F)F)N(C)/N=C/Cc1ccc(Cl)c(Cl)c1. The van der Waals surface area contributed by atoms with E-state index >= 15 is 0 Å². The molecule has 0 aliphatic rings. The van der Waals surface area contributed by atoms with Gasteiger partial charge in [-0.2, -0.15) is 18.3 Å². The van der Waals surface area contributed by atoms with Crippen LogP contribution in [0.3, 0.4) is 0 Å². The number of carbonyl (C=O) groups is 2. The van der Waals surface area contributed by atoms with Gasteiger partial charge in [0.2, 0.25) is 5.91 Å². The Kier molecular flexibility index (Phi) is 14.1. The Hall–Kier alpha value is -2.78. The molecule has 0 saturated carbocycles. The predicted molar refractivity (Wildman–Crippen MR) is 142 cm³/mol. The van der Waals surface area contributed by atoms with Crippen LogP contribution in [-0.4, -0.2) is 48.0 Å². The van der Waals surface area contributed by atoms with Crippen LogP contribution in [-0.2, 0) is 16.0 Å². The number of amides is 1. The lowest BCUT2D eigenvalue weighted by Gasteiger charge is -2.22. The number of carboxylic acids is 1. The van der Waals surface area contributed by atoms with Gasteiger partial charge in [0.25, 0.3) is 0 Å².